The molecule has 370 valence electrons. The van der Waals surface area contributed by atoms with E-state index in [1.54, 1.807) is 13.8 Å². The Hall–Kier alpha value is -5.52. The predicted octanol–water partition coefficient (Wildman–Crippen LogP) is -2.50. The first kappa shape index (κ1) is 54.8. The first-order valence-electron chi connectivity index (χ1n) is 22.5. The molecule has 0 saturated carbocycles. The van der Waals surface area contributed by atoms with Crippen molar-refractivity contribution in [1.29, 1.82) is 0 Å². The topological polar surface area (TPSA) is 345 Å². The van der Waals surface area contributed by atoms with E-state index in [0.29, 0.717) is 25.8 Å². The van der Waals surface area contributed by atoms with Crippen molar-refractivity contribution in [2.24, 2.45) is 17.6 Å². The zero-order valence-electron chi connectivity index (χ0n) is 38.3. The maximum Gasteiger partial charge on any atom is 0.326 e. The Labute approximate surface area is 389 Å². The van der Waals surface area contributed by atoms with Gasteiger partial charge in [0.2, 0.25) is 53.2 Å². The van der Waals surface area contributed by atoms with Crippen molar-refractivity contribution in [3.8, 4) is 0 Å². The number of hydrogen-bond donors (Lipinski definition) is 11. The second kappa shape index (κ2) is 26.0. The third kappa shape index (κ3) is 16.4. The van der Waals surface area contributed by atoms with Crippen LogP contribution in [0, 0.1) is 11.8 Å². The van der Waals surface area contributed by atoms with E-state index < -0.39 is 133 Å². The molecule has 0 aromatic rings. The third-order valence-electron chi connectivity index (χ3n) is 11.6. The summed E-state index contributed by atoms with van der Waals surface area (Å²) in [4.78, 5) is 146. The van der Waals surface area contributed by atoms with Crippen LogP contribution in [0.1, 0.15) is 105 Å². The molecule has 66 heavy (non-hydrogen) atoms. The lowest BCUT2D eigenvalue weighted by molar-refractivity contribution is -0.144. The number of carbonyl (C=O) groups is 11. The van der Waals surface area contributed by atoms with Gasteiger partial charge in [0.1, 0.15) is 48.3 Å². The van der Waals surface area contributed by atoms with Gasteiger partial charge < -0.3 is 63.0 Å². The van der Waals surface area contributed by atoms with Gasteiger partial charge in [-0.1, -0.05) is 27.7 Å². The molecular formula is C42H68N10O13S. The number of amides is 9. The monoisotopic (exact) mass is 952 g/mol. The zero-order chi connectivity index (χ0) is 49.4. The average molecular weight is 953 g/mol. The van der Waals surface area contributed by atoms with Crippen molar-refractivity contribution < 1.29 is 63.0 Å². The number of rotatable bonds is 25. The Morgan fingerprint density at radius 1 is 0.621 bits per heavy atom. The molecule has 3 rings (SSSR count). The van der Waals surface area contributed by atoms with Gasteiger partial charge >= 0.3 is 11.9 Å². The van der Waals surface area contributed by atoms with Crippen molar-refractivity contribution in [2.75, 3.05) is 25.4 Å². The van der Waals surface area contributed by atoms with Crippen LogP contribution in [0.25, 0.3) is 0 Å². The molecule has 3 aliphatic rings. The summed E-state index contributed by atoms with van der Waals surface area (Å²) in [7, 11) is 0. The van der Waals surface area contributed by atoms with Gasteiger partial charge in [0.05, 0.1) is 12.5 Å². The highest BCUT2D eigenvalue weighted by atomic mass is 32.1. The van der Waals surface area contributed by atoms with E-state index >= 15 is 0 Å². The molecule has 0 radical (unpaired) electrons. The smallest absolute Gasteiger partial charge is 0.326 e. The summed E-state index contributed by atoms with van der Waals surface area (Å²) >= 11 is 4.23. The minimum absolute atomic E-state index is 0.00836. The number of nitrogens with two attached hydrogens (primary N) is 1. The van der Waals surface area contributed by atoms with E-state index in [2.05, 4.69) is 49.8 Å². The number of carboxylic acids is 2. The van der Waals surface area contributed by atoms with Gasteiger partial charge in [-0.25, -0.2) is 4.79 Å². The number of thiol groups is 1. The normalized spacial score (nSPS) is 20.9. The molecule has 24 heteroatoms. The molecule has 0 spiro atoms. The van der Waals surface area contributed by atoms with E-state index in [1.165, 1.54) is 16.7 Å². The molecule has 23 nitrogen and oxygen atoms in total. The van der Waals surface area contributed by atoms with Crippen LogP contribution in [0.3, 0.4) is 0 Å². The number of nitrogens with zero attached hydrogens (tertiary/aromatic N) is 2. The van der Waals surface area contributed by atoms with Gasteiger partial charge in [0.15, 0.2) is 0 Å². The number of carbonyl (C=O) groups excluding carboxylic acids is 9. The molecule has 3 fully saturated rings. The van der Waals surface area contributed by atoms with Gasteiger partial charge in [-0.15, -0.1) is 0 Å². The molecule has 0 aromatic carbocycles. The number of nitrogens with one attached hydrogen (secondary N) is 7. The minimum Gasteiger partial charge on any atom is -0.481 e. The molecule has 9 atom stereocenters. The first-order chi connectivity index (χ1) is 31.0. The highest BCUT2D eigenvalue weighted by molar-refractivity contribution is 7.80. The average Bonchev–Trinajstić information content (AvgIpc) is 4.05. The molecule has 0 aliphatic carbocycles. The van der Waals surface area contributed by atoms with Crippen LogP contribution in [-0.4, -0.2) is 165 Å². The van der Waals surface area contributed by atoms with E-state index in [1.807, 2.05) is 13.8 Å². The molecular weight excluding hydrogens is 885 g/mol. The summed E-state index contributed by atoms with van der Waals surface area (Å²) in [5.74, 6) is -9.97. The van der Waals surface area contributed by atoms with Crippen molar-refractivity contribution in [1.82, 2.24) is 47.0 Å². The number of hydrogen-bond acceptors (Lipinski definition) is 13. The fourth-order valence-corrected chi connectivity index (χ4v) is 8.43. The van der Waals surface area contributed by atoms with Gasteiger partial charge in [-0.05, 0) is 83.1 Å². The summed E-state index contributed by atoms with van der Waals surface area (Å²) in [5.41, 5.74) is 5.35. The van der Waals surface area contributed by atoms with Crippen LogP contribution in [0.15, 0.2) is 0 Å². The van der Waals surface area contributed by atoms with Crippen molar-refractivity contribution >= 4 is 77.7 Å². The van der Waals surface area contributed by atoms with Crippen LogP contribution in [-0.2, 0) is 52.7 Å². The lowest BCUT2D eigenvalue weighted by atomic mass is 10.0. The summed E-state index contributed by atoms with van der Waals surface area (Å²) in [6.45, 7) is 9.60. The fourth-order valence-electron chi connectivity index (χ4n) is 8.18. The quantitative estimate of drug-likeness (QED) is 0.0422. The largest absolute Gasteiger partial charge is 0.481 e. The van der Waals surface area contributed by atoms with E-state index in [-0.39, 0.29) is 62.3 Å². The van der Waals surface area contributed by atoms with Gasteiger partial charge in [-0.3, -0.25) is 47.9 Å². The maximum absolute atomic E-state index is 13.9. The second-order valence-electron chi connectivity index (χ2n) is 17.9. The number of primary amides is 1. The number of aliphatic carboxylic acids is 2. The molecule has 3 saturated heterocycles. The standard InChI is InChI=1S/C42H68N10O13S/c1-21(2)17-27(48-35(57)24-9-6-14-44-24)40(62)51-15-8-11-31(51)39(61)47-26(19-33(54)55)37(59)46-25(12-13-32(43)53)36(58)50-29(20-66)41(63)52-16-7-10-30(52)38(60)45-23(5)34(56)49-28(42(64)65)18-22(3)4/h21-31,44,66H,6-20H2,1-5H3,(H2,43,53)(H,45,60)(H,46,59)(H,47,61)(H,48,57)(H,49,56)(H,50,58)(H,54,55)(H,64,65)/t23-,24-,25-,26-,27-,28-,29-,30-,31-/m0/s1. The second-order valence-corrected chi connectivity index (χ2v) is 18.3. The van der Waals surface area contributed by atoms with Crippen LogP contribution >= 0.6 is 12.6 Å². The van der Waals surface area contributed by atoms with E-state index in [0.717, 1.165) is 6.42 Å². The lowest BCUT2D eigenvalue weighted by Gasteiger charge is -2.31. The van der Waals surface area contributed by atoms with Gasteiger partial charge in [-0.2, -0.15) is 12.6 Å². The van der Waals surface area contributed by atoms with Crippen LogP contribution in [0.4, 0.5) is 0 Å². The Kier molecular flexibility index (Phi) is 21.6. The highest BCUT2D eigenvalue weighted by Crippen LogP contribution is 2.22. The summed E-state index contributed by atoms with van der Waals surface area (Å²) in [6, 6.07) is -10.7. The maximum atomic E-state index is 13.9. The molecule has 0 unspecified atom stereocenters. The number of carboxylic acid groups (broad SMARTS) is 2. The Bertz CT molecular complexity index is 1810. The Morgan fingerprint density at radius 3 is 1.62 bits per heavy atom. The Morgan fingerprint density at radius 2 is 1.12 bits per heavy atom. The third-order valence-corrected chi connectivity index (χ3v) is 11.9. The summed E-state index contributed by atoms with van der Waals surface area (Å²) in [6.07, 6.45) is 1.19. The summed E-state index contributed by atoms with van der Waals surface area (Å²) < 4.78 is 0. The van der Waals surface area contributed by atoms with Crippen LogP contribution < -0.4 is 43.0 Å². The molecule has 3 aliphatic heterocycles. The molecule has 11 N–H and O–H groups in total. The molecule has 3 heterocycles. The number of likely N-dealkylation sites (tertiary alicyclic amines) is 2. The highest BCUT2D eigenvalue weighted by Gasteiger charge is 2.42. The van der Waals surface area contributed by atoms with Crippen molar-refractivity contribution in [3.05, 3.63) is 0 Å². The van der Waals surface area contributed by atoms with Gasteiger partial charge in [0, 0.05) is 25.3 Å². The molecule has 0 aromatic heterocycles. The summed E-state index contributed by atoms with van der Waals surface area (Å²) in [5, 5.41) is 37.3. The van der Waals surface area contributed by atoms with Crippen molar-refractivity contribution in [2.45, 2.75) is 160 Å². The minimum atomic E-state index is -1.78. The van der Waals surface area contributed by atoms with Crippen molar-refractivity contribution in [3.63, 3.8) is 0 Å². The SMILES string of the molecule is CC(C)C[C@H](NC(=O)[C@H](C)NC(=O)[C@@H]1CCCN1C(=O)[C@H](CS)NC(=O)[C@H](CCC(N)=O)NC(=O)[C@H](CC(=O)O)NC(=O)[C@@H]1CCCN1C(=O)[C@H](CC(C)C)NC(=O)[C@@H]1CCCN1)C(=O)O. The zero-order valence-corrected chi connectivity index (χ0v) is 39.2. The predicted molar refractivity (Wildman–Crippen MR) is 239 cm³/mol. The molecule has 9 amide bonds. The molecule has 0 bridgehead atoms. The van der Waals surface area contributed by atoms with Gasteiger partial charge in [0.25, 0.3) is 0 Å². The Balaban J connectivity index is 1.73. The van der Waals surface area contributed by atoms with Crippen LogP contribution in [0.2, 0.25) is 0 Å². The first-order valence-corrected chi connectivity index (χ1v) is 23.2. The van der Waals surface area contributed by atoms with E-state index in [9.17, 15) is 63.0 Å². The lowest BCUT2D eigenvalue weighted by Crippen LogP contribution is -2.60. The fraction of sp³-hybridized carbons (Fsp3) is 0.738. The van der Waals surface area contributed by atoms with Crippen LogP contribution in [0.5, 0.6) is 0 Å². The van der Waals surface area contributed by atoms with E-state index in [4.69, 9.17) is 5.73 Å².